The maximum absolute atomic E-state index is 13.7. The molecule has 0 atom stereocenters. The number of pyridine rings is 1. The molecule has 2 aromatic carbocycles. The summed E-state index contributed by atoms with van der Waals surface area (Å²) in [4.78, 5) is 0. The molecule has 0 radical (unpaired) electrons. The van der Waals surface area contributed by atoms with Gasteiger partial charge in [-0.3, -0.25) is 0 Å². The smallest absolute Gasteiger partial charge is 0.412 e. The standard InChI is InChI=1S/C22H19F3N2O/c1-14-8-16-6-4-5-7-17(16)11-27(14)20-10-18(22(23,24)25)9-19(15(20)2)21-12-28-13-26(21)3/h4-13H,1-3H3/q+2. The van der Waals surface area contributed by atoms with Crippen LogP contribution in [0.3, 0.4) is 0 Å². The van der Waals surface area contributed by atoms with Crippen molar-refractivity contribution in [2.75, 3.05) is 0 Å². The molecule has 0 aliphatic rings. The lowest BCUT2D eigenvalue weighted by Gasteiger charge is -2.12. The molecule has 0 saturated carbocycles. The lowest BCUT2D eigenvalue weighted by molar-refractivity contribution is -0.664. The fraction of sp³-hybridized carbons (Fsp3) is 0.182. The number of aryl methyl sites for hydroxylation is 2. The second-order valence-electron chi connectivity index (χ2n) is 6.93. The molecule has 0 spiro atoms. The van der Waals surface area contributed by atoms with Gasteiger partial charge in [-0.25, -0.2) is 0 Å². The van der Waals surface area contributed by atoms with E-state index in [-0.39, 0.29) is 0 Å². The Kier molecular flexibility index (Phi) is 4.22. The minimum Gasteiger partial charge on any atom is -0.412 e. The van der Waals surface area contributed by atoms with Crippen molar-refractivity contribution in [1.82, 2.24) is 0 Å². The largest absolute Gasteiger partial charge is 0.416 e. The average Bonchev–Trinajstić information content (AvgIpc) is 3.06. The Morgan fingerprint density at radius 1 is 0.964 bits per heavy atom. The average molecular weight is 384 g/mol. The van der Waals surface area contributed by atoms with E-state index >= 15 is 0 Å². The highest BCUT2D eigenvalue weighted by atomic mass is 19.4. The molecule has 0 bridgehead atoms. The molecule has 3 nitrogen and oxygen atoms in total. The highest BCUT2D eigenvalue weighted by Gasteiger charge is 2.35. The first-order chi connectivity index (χ1) is 13.3. The molecule has 4 aromatic rings. The minimum absolute atomic E-state index is 0.487. The molecule has 6 heteroatoms. The van der Waals surface area contributed by atoms with E-state index in [1.54, 1.807) is 11.6 Å². The van der Waals surface area contributed by atoms with Gasteiger partial charge in [-0.2, -0.15) is 22.3 Å². The lowest BCUT2D eigenvalue weighted by atomic mass is 9.99. The van der Waals surface area contributed by atoms with Gasteiger partial charge in [0.05, 0.1) is 11.1 Å². The number of benzene rings is 2. The van der Waals surface area contributed by atoms with Gasteiger partial charge in [0.2, 0.25) is 5.69 Å². The van der Waals surface area contributed by atoms with Crippen molar-refractivity contribution >= 4 is 10.8 Å². The van der Waals surface area contributed by atoms with E-state index in [2.05, 4.69) is 0 Å². The molecule has 0 N–H and O–H groups in total. The van der Waals surface area contributed by atoms with E-state index in [0.717, 1.165) is 22.0 Å². The molecular weight excluding hydrogens is 365 g/mol. The van der Waals surface area contributed by atoms with E-state index < -0.39 is 11.7 Å². The van der Waals surface area contributed by atoms with Crippen LogP contribution in [0.15, 0.2) is 65.7 Å². The Bertz CT molecular complexity index is 1190. The Morgan fingerprint density at radius 2 is 1.68 bits per heavy atom. The van der Waals surface area contributed by atoms with Gasteiger partial charge in [0.15, 0.2) is 18.2 Å². The van der Waals surface area contributed by atoms with Gasteiger partial charge >= 0.3 is 12.6 Å². The molecule has 0 fully saturated rings. The Hall–Kier alpha value is -3.15. The highest BCUT2D eigenvalue weighted by molar-refractivity contribution is 5.81. The van der Waals surface area contributed by atoms with Crippen LogP contribution in [0.5, 0.6) is 0 Å². The summed E-state index contributed by atoms with van der Waals surface area (Å²) in [5.41, 5.74) is 2.47. The van der Waals surface area contributed by atoms with Crippen LogP contribution >= 0.6 is 0 Å². The second kappa shape index (κ2) is 6.48. The minimum atomic E-state index is -4.45. The topological polar surface area (TPSA) is 20.9 Å². The number of fused-ring (bicyclic) bond motifs is 1. The van der Waals surface area contributed by atoms with Crippen molar-refractivity contribution < 1.29 is 26.7 Å². The van der Waals surface area contributed by atoms with E-state index in [9.17, 15) is 13.2 Å². The maximum Gasteiger partial charge on any atom is 0.416 e. The number of hydrogen-bond donors (Lipinski definition) is 0. The molecule has 0 aliphatic heterocycles. The van der Waals surface area contributed by atoms with Crippen molar-refractivity contribution in [3.63, 3.8) is 0 Å². The van der Waals surface area contributed by atoms with Gasteiger partial charge in [0.25, 0.3) is 5.69 Å². The monoisotopic (exact) mass is 384 g/mol. The molecule has 0 amide bonds. The van der Waals surface area contributed by atoms with Gasteiger partial charge < -0.3 is 4.42 Å². The van der Waals surface area contributed by atoms with Crippen molar-refractivity contribution in [3.8, 4) is 16.9 Å². The number of aromatic nitrogens is 2. The van der Waals surface area contributed by atoms with Gasteiger partial charge in [0.1, 0.15) is 7.05 Å². The summed E-state index contributed by atoms with van der Waals surface area (Å²) in [7, 11) is 1.74. The number of alkyl halides is 3. The van der Waals surface area contributed by atoms with Crippen LogP contribution in [-0.4, -0.2) is 0 Å². The first-order valence-electron chi connectivity index (χ1n) is 8.81. The molecule has 2 aromatic heterocycles. The van der Waals surface area contributed by atoms with Crippen LogP contribution in [-0.2, 0) is 13.2 Å². The summed E-state index contributed by atoms with van der Waals surface area (Å²) in [6.45, 7) is 3.73. The molecule has 28 heavy (non-hydrogen) atoms. The zero-order chi connectivity index (χ0) is 20.1. The first-order valence-corrected chi connectivity index (χ1v) is 8.81. The van der Waals surface area contributed by atoms with Crippen LogP contribution in [0, 0.1) is 13.8 Å². The third-order valence-electron chi connectivity index (χ3n) is 5.03. The predicted octanol–water partition coefficient (Wildman–Crippen LogP) is 4.84. The van der Waals surface area contributed by atoms with Crippen LogP contribution in [0.1, 0.15) is 16.8 Å². The van der Waals surface area contributed by atoms with E-state index in [4.69, 9.17) is 4.42 Å². The Balaban J connectivity index is 2.04. The van der Waals surface area contributed by atoms with E-state index in [0.29, 0.717) is 16.9 Å². The molecule has 2 heterocycles. The fourth-order valence-electron chi connectivity index (χ4n) is 3.51. The SMILES string of the molecule is Cc1c(-c2coc[n+]2C)cc(C(F)(F)F)cc1-[n+]1cc2ccccc2cc1C. The summed E-state index contributed by atoms with van der Waals surface area (Å²) in [5, 5.41) is 2.00. The van der Waals surface area contributed by atoms with Crippen molar-refractivity contribution in [3.05, 3.63) is 78.1 Å². The number of oxazole rings is 1. The summed E-state index contributed by atoms with van der Waals surface area (Å²) in [6.07, 6.45) is 0.352. The summed E-state index contributed by atoms with van der Waals surface area (Å²) in [5.74, 6) is 0. The second-order valence-corrected chi connectivity index (χ2v) is 6.93. The third-order valence-corrected chi connectivity index (χ3v) is 5.03. The zero-order valence-corrected chi connectivity index (χ0v) is 15.7. The van der Waals surface area contributed by atoms with Crippen LogP contribution < -0.4 is 9.13 Å². The van der Waals surface area contributed by atoms with Crippen LogP contribution in [0.4, 0.5) is 13.2 Å². The maximum atomic E-state index is 13.7. The highest BCUT2D eigenvalue weighted by Crippen LogP contribution is 2.35. The first kappa shape index (κ1) is 18.2. The molecule has 0 unspecified atom stereocenters. The number of hydrogen-bond acceptors (Lipinski definition) is 1. The Morgan fingerprint density at radius 3 is 2.32 bits per heavy atom. The molecule has 0 saturated heterocycles. The van der Waals surface area contributed by atoms with E-state index in [1.807, 2.05) is 54.9 Å². The van der Waals surface area contributed by atoms with Gasteiger partial charge in [-0.1, -0.05) is 18.2 Å². The molecular formula is C22H19F3N2O+2. The van der Waals surface area contributed by atoms with Crippen molar-refractivity contribution in [2.45, 2.75) is 20.0 Å². The van der Waals surface area contributed by atoms with Crippen molar-refractivity contribution in [1.29, 1.82) is 0 Å². The van der Waals surface area contributed by atoms with Crippen molar-refractivity contribution in [2.24, 2.45) is 7.05 Å². The number of rotatable bonds is 2. The normalized spacial score (nSPS) is 11.9. The molecule has 4 rings (SSSR count). The quantitative estimate of drug-likeness (QED) is 0.453. The molecule has 142 valence electrons. The lowest BCUT2D eigenvalue weighted by Crippen LogP contribution is -2.36. The summed E-state index contributed by atoms with van der Waals surface area (Å²) >= 11 is 0. The number of halogens is 3. The molecule has 0 aliphatic carbocycles. The Labute approximate surface area is 160 Å². The van der Waals surface area contributed by atoms with Crippen LogP contribution in [0.25, 0.3) is 27.7 Å². The number of nitrogens with zero attached hydrogens (tertiary/aromatic N) is 2. The summed E-state index contributed by atoms with van der Waals surface area (Å²) in [6, 6.07) is 12.2. The third kappa shape index (κ3) is 3.05. The summed E-state index contributed by atoms with van der Waals surface area (Å²) < 4.78 is 49.6. The fourth-order valence-corrected chi connectivity index (χ4v) is 3.51. The van der Waals surface area contributed by atoms with Gasteiger partial charge in [0, 0.05) is 30.0 Å². The van der Waals surface area contributed by atoms with Gasteiger partial charge in [-0.05, 0) is 24.4 Å². The van der Waals surface area contributed by atoms with Crippen LogP contribution in [0.2, 0.25) is 0 Å². The zero-order valence-electron chi connectivity index (χ0n) is 15.7. The van der Waals surface area contributed by atoms with E-state index in [1.165, 1.54) is 24.8 Å². The van der Waals surface area contributed by atoms with Gasteiger partial charge in [-0.15, -0.1) is 0 Å². The predicted molar refractivity (Wildman–Crippen MR) is 98.8 cm³/mol.